The number of nitrogens with zero attached hydrogens (tertiary/aromatic N) is 3. The van der Waals surface area contributed by atoms with Gasteiger partial charge in [0.15, 0.2) is 0 Å². The van der Waals surface area contributed by atoms with Crippen molar-refractivity contribution in [1.29, 1.82) is 0 Å². The number of carbonyl (C=O) groups excluding carboxylic acids is 1. The molecule has 2 heterocycles. The fraction of sp³-hybridized carbons (Fsp3) is 0.167. The van der Waals surface area contributed by atoms with E-state index in [9.17, 15) is 14.4 Å². The second kappa shape index (κ2) is 8.80. The molecule has 0 spiro atoms. The van der Waals surface area contributed by atoms with Gasteiger partial charge in [0.2, 0.25) is 5.91 Å². The summed E-state index contributed by atoms with van der Waals surface area (Å²) < 4.78 is 2.37. The molecule has 0 atom stereocenters. The van der Waals surface area contributed by atoms with Crippen LogP contribution < -0.4 is 16.6 Å². The molecule has 1 amide bonds. The van der Waals surface area contributed by atoms with Crippen LogP contribution in [0.5, 0.6) is 0 Å². The standard InChI is InChI=1S/C24H21ClN4O3/c1-15-5-7-19(10-16(15)2)29-23(31)20-8-6-18(25)11-21(20)28(24(29)32)14-22(30)27-13-17-4-3-9-26-12-17/h3-12H,13-14H2,1-2H3,(H,27,30). The summed E-state index contributed by atoms with van der Waals surface area (Å²) in [5, 5.41) is 3.45. The van der Waals surface area contributed by atoms with E-state index >= 15 is 0 Å². The summed E-state index contributed by atoms with van der Waals surface area (Å²) in [6.45, 7) is 3.88. The molecule has 4 aromatic rings. The van der Waals surface area contributed by atoms with Gasteiger partial charge in [-0.1, -0.05) is 23.7 Å². The smallest absolute Gasteiger partial charge is 0.336 e. The Hall–Kier alpha value is -3.71. The van der Waals surface area contributed by atoms with Crippen molar-refractivity contribution in [2.45, 2.75) is 26.9 Å². The van der Waals surface area contributed by atoms with Crippen molar-refractivity contribution in [2.24, 2.45) is 0 Å². The Balaban J connectivity index is 1.80. The molecule has 0 unspecified atom stereocenters. The third-order valence-electron chi connectivity index (χ3n) is 5.37. The lowest BCUT2D eigenvalue weighted by Crippen LogP contribution is -2.41. The number of aromatic nitrogens is 3. The molecule has 0 saturated carbocycles. The number of fused-ring (bicyclic) bond motifs is 1. The molecule has 2 aromatic carbocycles. The first-order valence-corrected chi connectivity index (χ1v) is 10.4. The van der Waals surface area contributed by atoms with Crippen LogP contribution in [-0.2, 0) is 17.9 Å². The molecule has 7 nitrogen and oxygen atoms in total. The van der Waals surface area contributed by atoms with E-state index in [0.717, 1.165) is 21.3 Å². The summed E-state index contributed by atoms with van der Waals surface area (Å²) in [5.41, 5.74) is 2.52. The monoisotopic (exact) mass is 448 g/mol. The fourth-order valence-electron chi connectivity index (χ4n) is 3.49. The average molecular weight is 449 g/mol. The van der Waals surface area contributed by atoms with Gasteiger partial charge in [-0.15, -0.1) is 0 Å². The van der Waals surface area contributed by atoms with Crippen LogP contribution in [0.15, 0.2) is 70.5 Å². The van der Waals surface area contributed by atoms with E-state index in [-0.39, 0.29) is 19.0 Å². The predicted molar refractivity (Wildman–Crippen MR) is 124 cm³/mol. The van der Waals surface area contributed by atoms with E-state index in [1.165, 1.54) is 10.6 Å². The lowest BCUT2D eigenvalue weighted by atomic mass is 10.1. The zero-order valence-corrected chi connectivity index (χ0v) is 18.4. The van der Waals surface area contributed by atoms with Gasteiger partial charge in [0.25, 0.3) is 5.56 Å². The Kier molecular flexibility index (Phi) is 5.92. The van der Waals surface area contributed by atoms with Crippen molar-refractivity contribution >= 4 is 28.4 Å². The first-order valence-electron chi connectivity index (χ1n) is 10.0. The average Bonchev–Trinajstić information content (AvgIpc) is 2.78. The van der Waals surface area contributed by atoms with Crippen molar-refractivity contribution in [3.05, 3.63) is 103 Å². The van der Waals surface area contributed by atoms with E-state index < -0.39 is 11.2 Å². The van der Waals surface area contributed by atoms with Gasteiger partial charge in [-0.3, -0.25) is 19.1 Å². The summed E-state index contributed by atoms with van der Waals surface area (Å²) >= 11 is 6.14. The summed E-state index contributed by atoms with van der Waals surface area (Å²) in [7, 11) is 0. The largest absolute Gasteiger partial charge is 0.350 e. The second-order valence-electron chi connectivity index (χ2n) is 7.58. The fourth-order valence-corrected chi connectivity index (χ4v) is 3.65. The minimum absolute atomic E-state index is 0.263. The van der Waals surface area contributed by atoms with Crippen LogP contribution in [-0.4, -0.2) is 20.0 Å². The van der Waals surface area contributed by atoms with Gasteiger partial charge in [0.1, 0.15) is 6.54 Å². The Morgan fingerprint density at radius 1 is 1.06 bits per heavy atom. The van der Waals surface area contributed by atoms with E-state index in [1.807, 2.05) is 26.0 Å². The first-order chi connectivity index (χ1) is 15.3. The lowest BCUT2D eigenvalue weighted by Gasteiger charge is -2.15. The molecule has 4 rings (SSSR count). The highest BCUT2D eigenvalue weighted by Gasteiger charge is 2.17. The zero-order valence-electron chi connectivity index (χ0n) is 17.6. The number of hydrogen-bond donors (Lipinski definition) is 1. The van der Waals surface area contributed by atoms with E-state index in [4.69, 9.17) is 11.6 Å². The minimum atomic E-state index is -0.607. The van der Waals surface area contributed by atoms with Gasteiger partial charge in [-0.25, -0.2) is 9.36 Å². The quantitative estimate of drug-likeness (QED) is 0.508. The van der Waals surface area contributed by atoms with Gasteiger partial charge in [0, 0.05) is 24.0 Å². The van der Waals surface area contributed by atoms with Crippen LogP contribution in [0.4, 0.5) is 0 Å². The van der Waals surface area contributed by atoms with Crippen molar-refractivity contribution in [3.63, 3.8) is 0 Å². The number of carbonyl (C=O) groups is 1. The van der Waals surface area contributed by atoms with Crippen molar-refractivity contribution in [3.8, 4) is 5.69 Å². The van der Waals surface area contributed by atoms with Crippen LogP contribution in [0.3, 0.4) is 0 Å². The van der Waals surface area contributed by atoms with Crippen molar-refractivity contribution < 1.29 is 4.79 Å². The second-order valence-corrected chi connectivity index (χ2v) is 8.01. The molecule has 0 bridgehead atoms. The van der Waals surface area contributed by atoms with E-state index in [1.54, 1.807) is 42.7 Å². The molecule has 0 aliphatic rings. The molecule has 162 valence electrons. The maximum atomic E-state index is 13.4. The maximum Gasteiger partial charge on any atom is 0.336 e. The van der Waals surface area contributed by atoms with Gasteiger partial charge < -0.3 is 5.32 Å². The highest BCUT2D eigenvalue weighted by Crippen LogP contribution is 2.17. The SMILES string of the molecule is Cc1ccc(-n2c(=O)c3ccc(Cl)cc3n(CC(=O)NCc3cccnc3)c2=O)cc1C. The summed E-state index contributed by atoms with van der Waals surface area (Å²) in [6, 6.07) is 13.7. The van der Waals surface area contributed by atoms with Crippen molar-refractivity contribution in [2.75, 3.05) is 0 Å². The number of nitrogens with one attached hydrogen (secondary N) is 1. The summed E-state index contributed by atoms with van der Waals surface area (Å²) in [6.07, 6.45) is 3.30. The highest BCUT2D eigenvalue weighted by molar-refractivity contribution is 6.31. The zero-order chi connectivity index (χ0) is 22.8. The number of amides is 1. The third kappa shape index (κ3) is 4.20. The first kappa shape index (κ1) is 21.5. The van der Waals surface area contributed by atoms with Crippen LogP contribution in [0.1, 0.15) is 16.7 Å². The molecule has 2 aromatic heterocycles. The Labute approximate surface area is 188 Å². The van der Waals surface area contributed by atoms with Crippen LogP contribution in [0.25, 0.3) is 16.6 Å². The molecule has 0 saturated heterocycles. The van der Waals surface area contributed by atoms with Crippen LogP contribution in [0, 0.1) is 13.8 Å². The molecule has 0 aliphatic heterocycles. The molecule has 1 N–H and O–H groups in total. The topological polar surface area (TPSA) is 86.0 Å². The summed E-state index contributed by atoms with van der Waals surface area (Å²) in [5.74, 6) is -0.373. The van der Waals surface area contributed by atoms with E-state index in [2.05, 4.69) is 10.3 Å². The number of aryl methyl sites for hydroxylation is 2. The number of benzene rings is 2. The third-order valence-corrected chi connectivity index (χ3v) is 5.60. The number of pyridine rings is 1. The van der Waals surface area contributed by atoms with Gasteiger partial charge in [-0.2, -0.15) is 0 Å². The molecular weight excluding hydrogens is 428 g/mol. The highest BCUT2D eigenvalue weighted by atomic mass is 35.5. The summed E-state index contributed by atoms with van der Waals surface area (Å²) in [4.78, 5) is 43.3. The normalized spacial score (nSPS) is 11.0. The Bertz CT molecular complexity index is 1440. The van der Waals surface area contributed by atoms with E-state index in [0.29, 0.717) is 21.6 Å². The molecule has 32 heavy (non-hydrogen) atoms. The molecule has 0 aliphatic carbocycles. The minimum Gasteiger partial charge on any atom is -0.350 e. The number of rotatable bonds is 5. The molecular formula is C24H21ClN4O3. The predicted octanol–water partition coefficient (Wildman–Crippen LogP) is 3.13. The van der Waals surface area contributed by atoms with Gasteiger partial charge in [0.05, 0.1) is 16.6 Å². The van der Waals surface area contributed by atoms with Crippen LogP contribution >= 0.6 is 11.6 Å². The van der Waals surface area contributed by atoms with Gasteiger partial charge >= 0.3 is 5.69 Å². The van der Waals surface area contributed by atoms with Crippen LogP contribution in [0.2, 0.25) is 5.02 Å². The number of hydrogen-bond acceptors (Lipinski definition) is 4. The number of halogens is 1. The van der Waals surface area contributed by atoms with Crippen molar-refractivity contribution in [1.82, 2.24) is 19.4 Å². The maximum absolute atomic E-state index is 13.4. The Morgan fingerprint density at radius 3 is 2.59 bits per heavy atom. The molecule has 0 fully saturated rings. The lowest BCUT2D eigenvalue weighted by molar-refractivity contribution is -0.121. The van der Waals surface area contributed by atoms with Gasteiger partial charge in [-0.05, 0) is 66.9 Å². The Morgan fingerprint density at radius 2 is 1.88 bits per heavy atom. The molecule has 0 radical (unpaired) electrons. The molecule has 8 heteroatoms.